The van der Waals surface area contributed by atoms with Gasteiger partial charge < -0.3 is 4.42 Å². The van der Waals surface area contributed by atoms with Gasteiger partial charge in [-0.05, 0) is 26.0 Å². The molecule has 0 saturated carbocycles. The van der Waals surface area contributed by atoms with Crippen LogP contribution in [0, 0.1) is 6.92 Å². The Morgan fingerprint density at radius 2 is 2.35 bits per heavy atom. The van der Waals surface area contributed by atoms with Gasteiger partial charge in [0.1, 0.15) is 23.7 Å². The number of nitrogens with zero attached hydrogens (tertiary/aromatic N) is 3. The van der Waals surface area contributed by atoms with E-state index in [9.17, 15) is 0 Å². The van der Waals surface area contributed by atoms with E-state index in [4.69, 9.17) is 10.3 Å². The molecule has 0 aliphatic carbocycles. The van der Waals surface area contributed by atoms with Crippen LogP contribution in [0.15, 0.2) is 22.9 Å². The van der Waals surface area contributed by atoms with Crippen LogP contribution >= 0.6 is 0 Å². The van der Waals surface area contributed by atoms with Crippen LogP contribution in [0.3, 0.4) is 0 Å². The second-order valence-corrected chi connectivity index (χ2v) is 3.86. The third kappa shape index (κ3) is 2.54. The first kappa shape index (κ1) is 11.8. The lowest BCUT2D eigenvalue weighted by atomic mass is 10.1. The van der Waals surface area contributed by atoms with E-state index in [-0.39, 0.29) is 6.04 Å². The van der Waals surface area contributed by atoms with Crippen LogP contribution in [0.25, 0.3) is 0 Å². The van der Waals surface area contributed by atoms with E-state index >= 15 is 0 Å². The average Bonchev–Trinajstić information content (AvgIpc) is 2.94. The molecular weight excluding hydrogens is 218 g/mol. The number of hydrogen-bond acceptors (Lipinski definition) is 5. The van der Waals surface area contributed by atoms with Gasteiger partial charge in [-0.25, -0.2) is 10.4 Å². The van der Waals surface area contributed by atoms with Gasteiger partial charge in [-0.3, -0.25) is 10.5 Å². The first-order chi connectivity index (χ1) is 8.24. The minimum absolute atomic E-state index is 0.0850. The summed E-state index contributed by atoms with van der Waals surface area (Å²) in [7, 11) is 0. The van der Waals surface area contributed by atoms with E-state index in [1.54, 1.807) is 6.33 Å². The third-order valence-electron chi connectivity index (χ3n) is 2.69. The summed E-state index contributed by atoms with van der Waals surface area (Å²) in [5.41, 5.74) is 2.75. The highest BCUT2D eigenvalue weighted by atomic mass is 16.3. The van der Waals surface area contributed by atoms with Gasteiger partial charge in [0.25, 0.3) is 0 Å². The molecule has 6 nitrogen and oxygen atoms in total. The lowest BCUT2D eigenvalue weighted by molar-refractivity contribution is 0.394. The number of nitrogens with two attached hydrogens (primary N) is 1. The number of aromatic nitrogens is 3. The van der Waals surface area contributed by atoms with E-state index in [1.165, 1.54) is 0 Å². The Labute approximate surface area is 99.8 Å². The van der Waals surface area contributed by atoms with Crippen molar-refractivity contribution in [1.29, 1.82) is 0 Å². The Morgan fingerprint density at radius 1 is 1.53 bits per heavy atom. The molecule has 2 heterocycles. The summed E-state index contributed by atoms with van der Waals surface area (Å²) in [5.74, 6) is 8.14. The fraction of sp³-hybridized carbons (Fsp3) is 0.455. The molecule has 2 aromatic heterocycles. The predicted molar refractivity (Wildman–Crippen MR) is 62.9 cm³/mol. The maximum absolute atomic E-state index is 5.56. The van der Waals surface area contributed by atoms with E-state index in [0.29, 0.717) is 6.42 Å². The number of hydrogen-bond donors (Lipinski definition) is 2. The van der Waals surface area contributed by atoms with E-state index < -0.39 is 0 Å². The predicted octanol–water partition coefficient (Wildman–Crippen LogP) is 0.947. The summed E-state index contributed by atoms with van der Waals surface area (Å²) >= 11 is 0. The largest absolute Gasteiger partial charge is 0.465 e. The highest BCUT2D eigenvalue weighted by Crippen LogP contribution is 2.19. The van der Waals surface area contributed by atoms with Gasteiger partial charge in [0.15, 0.2) is 0 Å². The summed E-state index contributed by atoms with van der Waals surface area (Å²) < 4.78 is 7.41. The fourth-order valence-electron chi connectivity index (χ4n) is 1.78. The number of aryl methyl sites for hydroxylation is 2. The van der Waals surface area contributed by atoms with Crippen LogP contribution in [0.4, 0.5) is 0 Å². The topological polar surface area (TPSA) is 81.9 Å². The van der Waals surface area contributed by atoms with Gasteiger partial charge in [0.05, 0.1) is 6.04 Å². The van der Waals surface area contributed by atoms with Crippen LogP contribution in [-0.2, 0) is 13.0 Å². The molecule has 17 heavy (non-hydrogen) atoms. The van der Waals surface area contributed by atoms with Crippen molar-refractivity contribution in [1.82, 2.24) is 20.2 Å². The smallest absolute Gasteiger partial charge is 0.138 e. The first-order valence-electron chi connectivity index (χ1n) is 5.63. The molecule has 0 bridgehead atoms. The van der Waals surface area contributed by atoms with Crippen LogP contribution in [0.5, 0.6) is 0 Å². The standard InChI is InChI=1S/C11H17N5O/c1-3-16-11(13-7-14-16)6-9(15-12)10-5-4-8(2)17-10/h4-5,7,9,15H,3,6,12H2,1-2H3. The minimum Gasteiger partial charge on any atom is -0.465 e. The van der Waals surface area contributed by atoms with Crippen molar-refractivity contribution in [2.45, 2.75) is 32.9 Å². The molecule has 2 rings (SSSR count). The lowest BCUT2D eigenvalue weighted by Crippen LogP contribution is -2.30. The maximum Gasteiger partial charge on any atom is 0.138 e. The second kappa shape index (κ2) is 5.11. The lowest BCUT2D eigenvalue weighted by Gasteiger charge is -2.13. The van der Waals surface area contributed by atoms with Gasteiger partial charge in [-0.15, -0.1) is 0 Å². The van der Waals surface area contributed by atoms with Crippen molar-refractivity contribution in [3.63, 3.8) is 0 Å². The van der Waals surface area contributed by atoms with Crippen LogP contribution in [0.2, 0.25) is 0 Å². The monoisotopic (exact) mass is 235 g/mol. The summed E-state index contributed by atoms with van der Waals surface area (Å²) in [6.45, 7) is 4.73. The van der Waals surface area contributed by atoms with Gasteiger partial charge in [0, 0.05) is 13.0 Å². The quantitative estimate of drug-likeness (QED) is 0.595. The zero-order valence-corrected chi connectivity index (χ0v) is 10.1. The van der Waals surface area contributed by atoms with Crippen LogP contribution in [0.1, 0.15) is 30.3 Å². The number of furan rings is 1. The van der Waals surface area contributed by atoms with E-state index in [2.05, 4.69) is 15.5 Å². The van der Waals surface area contributed by atoms with Crippen molar-refractivity contribution >= 4 is 0 Å². The van der Waals surface area contributed by atoms with Crippen molar-refractivity contribution in [3.05, 3.63) is 35.8 Å². The molecular formula is C11H17N5O. The molecule has 0 radical (unpaired) electrons. The van der Waals surface area contributed by atoms with Gasteiger partial charge in [-0.2, -0.15) is 5.10 Å². The molecule has 0 amide bonds. The average molecular weight is 235 g/mol. The Kier molecular flexibility index (Phi) is 3.55. The third-order valence-corrected chi connectivity index (χ3v) is 2.69. The Bertz CT molecular complexity index is 476. The fourth-order valence-corrected chi connectivity index (χ4v) is 1.78. The SMILES string of the molecule is CCn1ncnc1CC(NN)c1ccc(C)o1. The van der Waals surface area contributed by atoms with Crippen molar-refractivity contribution < 1.29 is 4.42 Å². The molecule has 0 aromatic carbocycles. The molecule has 3 N–H and O–H groups in total. The molecule has 2 aromatic rings. The molecule has 92 valence electrons. The Morgan fingerprint density at radius 3 is 2.94 bits per heavy atom. The van der Waals surface area contributed by atoms with Crippen LogP contribution in [-0.4, -0.2) is 14.8 Å². The van der Waals surface area contributed by atoms with Gasteiger partial charge in [-0.1, -0.05) is 0 Å². The molecule has 0 aliphatic rings. The number of nitrogens with one attached hydrogen (secondary N) is 1. The Hall–Kier alpha value is -1.66. The normalized spacial score (nSPS) is 12.9. The van der Waals surface area contributed by atoms with Crippen molar-refractivity contribution in [2.24, 2.45) is 5.84 Å². The first-order valence-corrected chi connectivity index (χ1v) is 5.63. The van der Waals surface area contributed by atoms with E-state index in [0.717, 1.165) is 23.9 Å². The summed E-state index contributed by atoms with van der Waals surface area (Å²) in [6.07, 6.45) is 2.21. The zero-order valence-electron chi connectivity index (χ0n) is 10.1. The second-order valence-electron chi connectivity index (χ2n) is 3.86. The summed E-state index contributed by atoms with van der Waals surface area (Å²) in [6, 6.07) is 3.76. The minimum atomic E-state index is -0.0850. The molecule has 0 spiro atoms. The summed E-state index contributed by atoms with van der Waals surface area (Å²) in [4.78, 5) is 4.22. The molecule has 1 unspecified atom stereocenters. The maximum atomic E-state index is 5.56. The Balaban J connectivity index is 2.15. The number of hydrazine groups is 1. The van der Waals surface area contributed by atoms with Crippen molar-refractivity contribution in [2.75, 3.05) is 0 Å². The summed E-state index contributed by atoms with van der Waals surface area (Å²) in [5, 5.41) is 4.13. The molecule has 0 fully saturated rings. The van der Waals surface area contributed by atoms with Crippen LogP contribution < -0.4 is 11.3 Å². The molecule has 1 atom stereocenters. The van der Waals surface area contributed by atoms with Gasteiger partial charge in [0.2, 0.25) is 0 Å². The highest BCUT2D eigenvalue weighted by Gasteiger charge is 2.17. The van der Waals surface area contributed by atoms with E-state index in [1.807, 2.05) is 30.7 Å². The molecule has 0 aliphatic heterocycles. The highest BCUT2D eigenvalue weighted by molar-refractivity contribution is 5.11. The molecule has 0 saturated heterocycles. The van der Waals surface area contributed by atoms with Crippen molar-refractivity contribution in [3.8, 4) is 0 Å². The zero-order chi connectivity index (χ0) is 12.3. The van der Waals surface area contributed by atoms with Gasteiger partial charge >= 0.3 is 0 Å². The molecule has 6 heteroatoms. The number of rotatable bonds is 5.